The number of nitrogens with zero attached hydrogens (tertiary/aromatic N) is 1. The minimum atomic E-state index is -0.663. The van der Waals surface area contributed by atoms with Crippen molar-refractivity contribution in [2.24, 2.45) is 7.05 Å². The number of aromatic nitrogens is 1. The van der Waals surface area contributed by atoms with Crippen LogP contribution >= 0.6 is 0 Å². The minimum absolute atomic E-state index is 0.147. The van der Waals surface area contributed by atoms with Crippen molar-refractivity contribution in [3.63, 3.8) is 0 Å². The van der Waals surface area contributed by atoms with Crippen molar-refractivity contribution in [2.45, 2.75) is 34.1 Å². The smallest absolute Gasteiger partial charge is 0.158 e. The number of hydrogen-bond acceptors (Lipinski definition) is 0. The van der Waals surface area contributed by atoms with Crippen molar-refractivity contribution in [2.75, 3.05) is 0 Å². The highest BCUT2D eigenvalue weighted by Gasteiger charge is 2.19. The predicted octanol–water partition coefficient (Wildman–Crippen LogP) is 5.28. The number of rotatable bonds is 4. The molecule has 0 saturated heterocycles. The van der Waals surface area contributed by atoms with E-state index in [1.165, 1.54) is 24.3 Å². The fraction of sp³-hybridized carbons (Fsp3) is 0.273. The summed E-state index contributed by atoms with van der Waals surface area (Å²) in [6.45, 7) is 7.19. The van der Waals surface area contributed by atoms with E-state index < -0.39 is 17.5 Å². The van der Waals surface area contributed by atoms with Crippen LogP contribution in [-0.2, 0) is 7.05 Å². The lowest BCUT2D eigenvalue weighted by molar-refractivity contribution is 0.582. The van der Waals surface area contributed by atoms with Crippen LogP contribution in [0.4, 0.5) is 13.2 Å². The molecule has 0 N–H and O–H groups in total. The van der Waals surface area contributed by atoms with Gasteiger partial charge >= 0.3 is 0 Å². The van der Waals surface area contributed by atoms with E-state index in [0.29, 0.717) is 22.9 Å². The van der Waals surface area contributed by atoms with E-state index in [2.05, 4.69) is 0 Å². The van der Waals surface area contributed by atoms with Gasteiger partial charge in [-0.15, -0.1) is 0 Å². The molecule has 0 atom stereocenters. The van der Waals surface area contributed by atoms with E-state index in [1.54, 1.807) is 24.6 Å². The lowest BCUT2D eigenvalue weighted by Gasteiger charge is -2.09. The number of fused-ring (bicyclic) bond motifs is 1. The van der Waals surface area contributed by atoms with Gasteiger partial charge in [0.05, 0.1) is 11.1 Å². The third-order valence-corrected chi connectivity index (χ3v) is 4.44. The fourth-order valence-electron chi connectivity index (χ4n) is 3.25. The molecule has 0 unspecified atom stereocenters. The van der Waals surface area contributed by atoms with Gasteiger partial charge in [-0.25, -0.2) is 13.2 Å². The Labute approximate surface area is 152 Å². The van der Waals surface area contributed by atoms with Gasteiger partial charge in [0, 0.05) is 23.0 Å². The quantitative estimate of drug-likeness (QED) is 0.655. The summed E-state index contributed by atoms with van der Waals surface area (Å²) in [5.41, 5.74) is 0.484. The molecule has 1 aromatic heterocycles. The summed E-state index contributed by atoms with van der Waals surface area (Å²) in [7, 11) is 1.75. The van der Waals surface area contributed by atoms with Crippen LogP contribution < -0.4 is 10.6 Å². The fourth-order valence-corrected chi connectivity index (χ4v) is 3.25. The Hall–Kier alpha value is -2.49. The maximum atomic E-state index is 15.3. The molecule has 0 spiro atoms. The summed E-state index contributed by atoms with van der Waals surface area (Å²) < 4.78 is 45.4. The van der Waals surface area contributed by atoms with Crippen LogP contribution in [0.3, 0.4) is 0 Å². The Morgan fingerprint density at radius 3 is 2.35 bits per heavy atom. The highest BCUT2D eigenvalue weighted by Crippen LogP contribution is 2.28. The summed E-state index contributed by atoms with van der Waals surface area (Å²) in [6, 6.07) is 1.35. The van der Waals surface area contributed by atoms with Crippen LogP contribution in [0.5, 0.6) is 0 Å². The van der Waals surface area contributed by atoms with E-state index in [-0.39, 0.29) is 5.56 Å². The Kier molecular flexibility index (Phi) is 6.30. The van der Waals surface area contributed by atoms with Gasteiger partial charge < -0.3 is 4.57 Å². The molecule has 0 amide bonds. The van der Waals surface area contributed by atoms with Crippen molar-refractivity contribution in [1.82, 2.24) is 4.57 Å². The standard InChI is InChI=1S/C22H24F3N/c1-6-10-15(23)12-11-14(7-2)20-18(24)13-17-16(8-3)19(9-4)26(5)22(17)21(20)25/h7-13H,6H2,1-5H3/b12-11-,14-7+,15-10+,16-8-,19-9+. The second-order valence-corrected chi connectivity index (χ2v) is 5.95. The topological polar surface area (TPSA) is 4.93 Å². The predicted molar refractivity (Wildman–Crippen MR) is 105 cm³/mol. The van der Waals surface area contributed by atoms with Gasteiger partial charge in [0.2, 0.25) is 0 Å². The molecule has 138 valence electrons. The van der Waals surface area contributed by atoms with Gasteiger partial charge in [0.1, 0.15) is 11.6 Å². The number of benzene rings is 1. The summed E-state index contributed by atoms with van der Waals surface area (Å²) >= 11 is 0. The van der Waals surface area contributed by atoms with Gasteiger partial charge in [-0.1, -0.05) is 31.2 Å². The van der Waals surface area contributed by atoms with Crippen LogP contribution in [0.2, 0.25) is 0 Å². The van der Waals surface area contributed by atoms with Crippen molar-refractivity contribution < 1.29 is 13.2 Å². The van der Waals surface area contributed by atoms with Crippen molar-refractivity contribution >= 4 is 28.6 Å². The SMILES string of the molecule is C/C=c1\c(=C/C)n(C)c2c(F)c(C(/C=C\C(F)=C/CC)=C/C)c(F)cc12. The zero-order valence-corrected chi connectivity index (χ0v) is 15.8. The highest BCUT2D eigenvalue weighted by molar-refractivity contribution is 5.88. The lowest BCUT2D eigenvalue weighted by Crippen LogP contribution is -2.26. The molecule has 1 nitrogen and oxygen atoms in total. The zero-order chi connectivity index (χ0) is 19.4. The van der Waals surface area contributed by atoms with Gasteiger partial charge in [0.25, 0.3) is 0 Å². The molecule has 1 aromatic carbocycles. The Bertz CT molecular complexity index is 1030. The number of halogens is 3. The van der Waals surface area contributed by atoms with E-state index in [1.807, 2.05) is 32.9 Å². The van der Waals surface area contributed by atoms with E-state index in [0.717, 1.165) is 10.6 Å². The summed E-state index contributed by atoms with van der Waals surface area (Å²) in [6.07, 6.45) is 9.87. The molecule has 2 aromatic rings. The van der Waals surface area contributed by atoms with Gasteiger partial charge in [-0.3, -0.25) is 0 Å². The first-order chi connectivity index (χ1) is 12.4. The molecule has 1 heterocycles. The maximum absolute atomic E-state index is 15.3. The number of allylic oxidation sites excluding steroid dienone is 6. The van der Waals surface area contributed by atoms with E-state index in [4.69, 9.17) is 0 Å². The van der Waals surface area contributed by atoms with Crippen molar-refractivity contribution in [3.05, 3.63) is 64.0 Å². The summed E-state index contributed by atoms with van der Waals surface area (Å²) in [4.78, 5) is 0. The molecule has 26 heavy (non-hydrogen) atoms. The zero-order valence-electron chi connectivity index (χ0n) is 15.8. The van der Waals surface area contributed by atoms with Gasteiger partial charge in [-0.05, 0) is 51.0 Å². The average Bonchev–Trinajstić information content (AvgIpc) is 2.88. The van der Waals surface area contributed by atoms with Crippen LogP contribution in [-0.4, -0.2) is 4.57 Å². The number of hydrogen-bond donors (Lipinski definition) is 0. The molecule has 0 aliphatic heterocycles. The van der Waals surface area contributed by atoms with Gasteiger partial charge in [-0.2, -0.15) is 0 Å². The molecule has 0 aliphatic carbocycles. The first kappa shape index (κ1) is 19.8. The molecule has 4 heteroatoms. The average molecular weight is 359 g/mol. The summed E-state index contributed by atoms with van der Waals surface area (Å²) in [5.74, 6) is -1.74. The Morgan fingerprint density at radius 1 is 1.12 bits per heavy atom. The monoisotopic (exact) mass is 359 g/mol. The molecular formula is C22H24F3N. The Balaban J connectivity index is 2.81. The summed E-state index contributed by atoms with van der Waals surface area (Å²) in [5, 5.41) is 2.15. The van der Waals surface area contributed by atoms with Gasteiger partial charge in [0.15, 0.2) is 5.82 Å². The van der Waals surface area contributed by atoms with Crippen LogP contribution in [0, 0.1) is 11.6 Å². The minimum Gasteiger partial charge on any atom is -0.341 e. The highest BCUT2D eigenvalue weighted by atomic mass is 19.1. The first-order valence-corrected chi connectivity index (χ1v) is 8.70. The molecule has 0 bridgehead atoms. The van der Waals surface area contributed by atoms with Crippen LogP contribution in [0.25, 0.3) is 28.6 Å². The third-order valence-electron chi connectivity index (χ3n) is 4.44. The largest absolute Gasteiger partial charge is 0.341 e. The van der Waals surface area contributed by atoms with Crippen LogP contribution in [0.15, 0.2) is 36.2 Å². The molecular weight excluding hydrogens is 335 g/mol. The van der Waals surface area contributed by atoms with E-state index in [9.17, 15) is 8.78 Å². The normalized spacial score (nSPS) is 15.1. The maximum Gasteiger partial charge on any atom is 0.158 e. The molecule has 0 radical (unpaired) electrons. The third kappa shape index (κ3) is 3.41. The number of aryl methyl sites for hydroxylation is 1. The lowest BCUT2D eigenvalue weighted by atomic mass is 10.0. The van der Waals surface area contributed by atoms with Crippen molar-refractivity contribution in [3.8, 4) is 0 Å². The second-order valence-electron chi connectivity index (χ2n) is 5.95. The molecule has 2 rings (SSSR count). The van der Waals surface area contributed by atoms with Crippen molar-refractivity contribution in [1.29, 1.82) is 0 Å². The van der Waals surface area contributed by atoms with E-state index >= 15 is 4.39 Å². The Morgan fingerprint density at radius 2 is 1.81 bits per heavy atom. The second kappa shape index (κ2) is 8.26. The molecule has 0 saturated carbocycles. The first-order valence-electron chi connectivity index (χ1n) is 8.70. The molecule has 0 fully saturated rings. The molecule has 0 aliphatic rings. The van der Waals surface area contributed by atoms with Crippen LogP contribution in [0.1, 0.15) is 39.7 Å².